The quantitative estimate of drug-likeness (QED) is 0.206. The van der Waals surface area contributed by atoms with E-state index in [1.54, 1.807) is 6.26 Å². The van der Waals surface area contributed by atoms with Gasteiger partial charge in [0.1, 0.15) is 30.2 Å². The molecule has 1 aromatic heterocycles. The molecule has 4 saturated heterocycles. The third-order valence-corrected chi connectivity index (χ3v) is 14.6. The second-order valence-corrected chi connectivity index (χ2v) is 17.1. The highest BCUT2D eigenvalue weighted by Crippen LogP contribution is 2.81. The van der Waals surface area contributed by atoms with E-state index in [2.05, 4.69) is 6.92 Å². The number of ether oxygens (including phenoxy) is 4. The molecule has 5 heterocycles. The average molecular weight is 669 g/mol. The summed E-state index contributed by atoms with van der Waals surface area (Å²) in [5, 5.41) is 21.4. The van der Waals surface area contributed by atoms with Gasteiger partial charge in [0.15, 0.2) is 11.9 Å². The number of esters is 2. The lowest BCUT2D eigenvalue weighted by molar-refractivity contribution is -0.264. The van der Waals surface area contributed by atoms with Crippen molar-refractivity contribution in [1.82, 2.24) is 0 Å². The molecule has 0 amide bonds. The van der Waals surface area contributed by atoms with Crippen LogP contribution in [0, 0.1) is 33.5 Å². The highest BCUT2D eigenvalue weighted by molar-refractivity contribution is 5.92. The van der Waals surface area contributed by atoms with Crippen LogP contribution in [0.2, 0.25) is 0 Å². The molecular formula is C38H52O10. The number of hydrogen-bond acceptors (Lipinski definition) is 10. The van der Waals surface area contributed by atoms with E-state index in [0.29, 0.717) is 32.1 Å². The summed E-state index contributed by atoms with van der Waals surface area (Å²) in [5.41, 5.74) is -4.85. The monoisotopic (exact) mass is 668 g/mol. The van der Waals surface area contributed by atoms with Crippen LogP contribution in [0.15, 0.2) is 16.7 Å². The molecule has 1 aromatic rings. The Balaban J connectivity index is 1.17. The Hall–Kier alpha value is -2.27. The van der Waals surface area contributed by atoms with Crippen LogP contribution in [0.1, 0.15) is 122 Å². The highest BCUT2D eigenvalue weighted by Gasteiger charge is 2.91. The molecular weight excluding hydrogens is 616 g/mol. The van der Waals surface area contributed by atoms with Gasteiger partial charge in [0.05, 0.1) is 29.3 Å². The number of epoxide rings is 1. The van der Waals surface area contributed by atoms with E-state index in [4.69, 9.17) is 28.5 Å². The molecule has 3 aliphatic carbocycles. The number of carbonyl (C=O) groups is 3. The second kappa shape index (κ2) is 10.9. The fourth-order valence-corrected chi connectivity index (χ4v) is 12.7. The summed E-state index contributed by atoms with van der Waals surface area (Å²) in [6.45, 7) is 8.17. The molecule has 7 aliphatic rings. The van der Waals surface area contributed by atoms with Crippen molar-refractivity contribution in [2.45, 2.75) is 147 Å². The maximum absolute atomic E-state index is 14.8. The molecule has 10 atom stereocenters. The molecule has 0 unspecified atom stereocenters. The summed E-state index contributed by atoms with van der Waals surface area (Å²) in [5.74, 6) is -1.19. The SMILES string of the molecule is CC1(C)O[C@H]2C3(CCCC3)C(=O)OC[C@]23[C@H]1C(=O)[C@@H](O)[C@]1(C)[C@H]3CC[C@@]2(C)[C@H](c3ccoc3CCCCCCCCO)OC(=O)[C@H]3O[C@]312. The Morgan fingerprint density at radius 2 is 1.60 bits per heavy atom. The second-order valence-electron chi connectivity index (χ2n) is 17.1. The summed E-state index contributed by atoms with van der Waals surface area (Å²) < 4.78 is 32.0. The average Bonchev–Trinajstić information content (AvgIpc) is 3.30. The first-order valence-corrected chi connectivity index (χ1v) is 18.5. The zero-order valence-electron chi connectivity index (χ0n) is 28.9. The molecule has 4 aliphatic heterocycles. The summed E-state index contributed by atoms with van der Waals surface area (Å²) in [6, 6.07) is 1.90. The van der Waals surface area contributed by atoms with Gasteiger partial charge in [0, 0.05) is 34.8 Å². The number of unbranched alkanes of at least 4 members (excludes halogenated alkanes) is 5. The van der Waals surface area contributed by atoms with Crippen LogP contribution in [0.5, 0.6) is 0 Å². The van der Waals surface area contributed by atoms with Gasteiger partial charge in [0.25, 0.3) is 0 Å². The standard InChI is InChI=1S/C38H52O10/c1-33(2)26-25(40)27(41)35(4)24(37(26)21-45-32(43)36(31(37)48-33)16-10-11-17-36)14-18-34(3)28(46-30(42)29-38(34,35)47-29)22-15-20-44-23(22)13-9-7-5-6-8-12-19-39/h15,20,24,26-29,31,39,41H,5-14,16-19,21H2,1-4H3/t24-,26+,27-,28+,29-,31+,34+,35+,37+,38+/m1/s1. The molecule has 264 valence electrons. The Morgan fingerprint density at radius 3 is 2.33 bits per heavy atom. The first-order valence-electron chi connectivity index (χ1n) is 18.5. The number of fused-ring (bicyclic) bond motifs is 2. The summed E-state index contributed by atoms with van der Waals surface area (Å²) in [6.07, 6.45) is 9.19. The number of hydrogen-bond donors (Lipinski definition) is 2. The lowest BCUT2D eigenvalue weighted by Gasteiger charge is -2.67. The third-order valence-electron chi connectivity index (χ3n) is 14.6. The van der Waals surface area contributed by atoms with Gasteiger partial charge < -0.3 is 33.6 Å². The lowest BCUT2D eigenvalue weighted by Crippen LogP contribution is -2.77. The molecule has 3 spiro atoms. The van der Waals surface area contributed by atoms with Crippen molar-refractivity contribution in [1.29, 1.82) is 0 Å². The smallest absolute Gasteiger partial charge is 0.339 e. The largest absolute Gasteiger partial charge is 0.469 e. The minimum atomic E-state index is -1.40. The van der Waals surface area contributed by atoms with E-state index in [0.717, 1.165) is 62.7 Å². The number of ketones is 1. The minimum absolute atomic E-state index is 0.0578. The van der Waals surface area contributed by atoms with Gasteiger partial charge in [-0.2, -0.15) is 0 Å². The van der Waals surface area contributed by atoms with Crippen LogP contribution in [-0.2, 0) is 39.8 Å². The fourth-order valence-electron chi connectivity index (χ4n) is 12.7. The van der Waals surface area contributed by atoms with Gasteiger partial charge in [-0.05, 0) is 64.4 Å². The molecule has 8 rings (SSSR count). The van der Waals surface area contributed by atoms with Gasteiger partial charge in [-0.25, -0.2) is 4.79 Å². The Bertz CT molecular complexity index is 1490. The zero-order valence-corrected chi connectivity index (χ0v) is 28.9. The van der Waals surface area contributed by atoms with Crippen LogP contribution in [0.3, 0.4) is 0 Å². The molecule has 0 radical (unpaired) electrons. The Kier molecular flexibility index (Phi) is 7.45. The molecule has 48 heavy (non-hydrogen) atoms. The number of aliphatic hydroxyl groups is 2. The summed E-state index contributed by atoms with van der Waals surface area (Å²) >= 11 is 0. The van der Waals surface area contributed by atoms with E-state index in [-0.39, 0.29) is 30.9 Å². The topological polar surface area (TPSA) is 145 Å². The molecule has 10 nitrogen and oxygen atoms in total. The highest BCUT2D eigenvalue weighted by atomic mass is 16.7. The van der Waals surface area contributed by atoms with E-state index in [1.165, 1.54) is 0 Å². The zero-order chi connectivity index (χ0) is 33.9. The number of aliphatic hydroxyl groups excluding tert-OH is 2. The van der Waals surface area contributed by atoms with Gasteiger partial charge in [-0.1, -0.05) is 52.4 Å². The van der Waals surface area contributed by atoms with Crippen molar-refractivity contribution in [3.8, 4) is 0 Å². The number of rotatable bonds is 9. The van der Waals surface area contributed by atoms with E-state index in [1.807, 2.05) is 26.8 Å². The van der Waals surface area contributed by atoms with Crippen molar-refractivity contribution in [2.75, 3.05) is 13.2 Å². The first kappa shape index (κ1) is 32.9. The fraction of sp³-hybridized carbons (Fsp3) is 0.816. The van der Waals surface area contributed by atoms with Gasteiger partial charge in [-0.3, -0.25) is 9.59 Å². The van der Waals surface area contributed by atoms with Crippen molar-refractivity contribution in [3.63, 3.8) is 0 Å². The normalized spacial score (nSPS) is 44.7. The van der Waals surface area contributed by atoms with Gasteiger partial charge in [-0.15, -0.1) is 0 Å². The van der Waals surface area contributed by atoms with Crippen LogP contribution in [-0.4, -0.2) is 70.7 Å². The molecule has 10 heteroatoms. The first-order chi connectivity index (χ1) is 22.9. The number of furan rings is 1. The van der Waals surface area contributed by atoms with Crippen molar-refractivity contribution in [3.05, 3.63) is 23.7 Å². The predicted octanol–water partition coefficient (Wildman–Crippen LogP) is 5.15. The maximum atomic E-state index is 14.8. The maximum Gasteiger partial charge on any atom is 0.339 e. The predicted molar refractivity (Wildman–Crippen MR) is 170 cm³/mol. The molecule has 7 fully saturated rings. The Morgan fingerprint density at radius 1 is 0.896 bits per heavy atom. The van der Waals surface area contributed by atoms with Crippen LogP contribution < -0.4 is 0 Å². The number of Topliss-reactive ketones (excluding diaryl/α,β-unsaturated/α-hetero) is 1. The van der Waals surface area contributed by atoms with E-state index < -0.39 is 69.2 Å². The number of carbonyl (C=O) groups excluding carboxylic acids is 3. The lowest BCUT2D eigenvalue weighted by atomic mass is 9.35. The minimum Gasteiger partial charge on any atom is -0.469 e. The van der Waals surface area contributed by atoms with Crippen LogP contribution >= 0.6 is 0 Å². The van der Waals surface area contributed by atoms with E-state index >= 15 is 0 Å². The number of cyclic esters (lactones) is 2. The van der Waals surface area contributed by atoms with Crippen molar-refractivity contribution < 1.29 is 48.0 Å². The molecule has 0 aromatic carbocycles. The number of aryl methyl sites for hydroxylation is 1. The third kappa shape index (κ3) is 3.87. The van der Waals surface area contributed by atoms with Crippen LogP contribution in [0.25, 0.3) is 0 Å². The molecule has 0 bridgehead atoms. The molecule has 2 N–H and O–H groups in total. The summed E-state index contributed by atoms with van der Waals surface area (Å²) in [4.78, 5) is 42.2. The van der Waals surface area contributed by atoms with Gasteiger partial charge in [0.2, 0.25) is 0 Å². The molecule has 3 saturated carbocycles. The van der Waals surface area contributed by atoms with Gasteiger partial charge >= 0.3 is 11.9 Å². The van der Waals surface area contributed by atoms with E-state index in [9.17, 15) is 19.5 Å². The van der Waals surface area contributed by atoms with Crippen molar-refractivity contribution >= 4 is 17.7 Å². The summed E-state index contributed by atoms with van der Waals surface area (Å²) in [7, 11) is 0. The Labute approximate surface area is 282 Å². The van der Waals surface area contributed by atoms with Crippen LogP contribution in [0.4, 0.5) is 0 Å². The van der Waals surface area contributed by atoms with Crippen molar-refractivity contribution in [2.24, 2.45) is 33.5 Å².